The molecule has 0 aliphatic heterocycles. The fourth-order valence-corrected chi connectivity index (χ4v) is 2.02. The van der Waals surface area contributed by atoms with E-state index in [-0.39, 0.29) is 29.1 Å². The maximum absolute atomic E-state index is 12.1. The molecule has 0 bridgehead atoms. The summed E-state index contributed by atoms with van der Waals surface area (Å²) >= 11 is 3.09. The Labute approximate surface area is 125 Å². The fourth-order valence-electron chi connectivity index (χ4n) is 1.63. The normalized spacial score (nSPS) is 12.2. The second kappa shape index (κ2) is 7.35. The van der Waals surface area contributed by atoms with Gasteiger partial charge in [0.15, 0.2) is 0 Å². The van der Waals surface area contributed by atoms with Gasteiger partial charge in [0, 0.05) is 18.7 Å². The lowest BCUT2D eigenvalue weighted by Crippen LogP contribution is -2.41. The molecular weight excluding hydrogens is 328 g/mol. The van der Waals surface area contributed by atoms with Gasteiger partial charge in [0.25, 0.3) is 11.6 Å². The molecule has 0 spiro atoms. The Morgan fingerprint density at radius 1 is 1.50 bits per heavy atom. The van der Waals surface area contributed by atoms with Gasteiger partial charge in [-0.05, 0) is 34.0 Å². The van der Waals surface area contributed by atoms with Crippen LogP contribution in [0, 0.1) is 16.0 Å². The molecule has 0 fully saturated rings. The Morgan fingerprint density at radius 3 is 2.65 bits per heavy atom. The molecule has 1 unspecified atom stereocenters. The highest BCUT2D eigenvalue weighted by Gasteiger charge is 2.20. The van der Waals surface area contributed by atoms with Gasteiger partial charge in [-0.3, -0.25) is 14.9 Å². The van der Waals surface area contributed by atoms with Crippen LogP contribution in [0.5, 0.6) is 0 Å². The molecule has 6 nitrogen and oxygen atoms in total. The van der Waals surface area contributed by atoms with Crippen molar-refractivity contribution in [1.29, 1.82) is 0 Å². The zero-order valence-corrected chi connectivity index (χ0v) is 13.1. The molecule has 7 heteroatoms. The first-order valence-electron chi connectivity index (χ1n) is 6.10. The van der Waals surface area contributed by atoms with Crippen LogP contribution in [-0.4, -0.2) is 30.6 Å². The SMILES string of the molecule is COCC(NC(=O)c1ccc(Br)c([N+](=O)[O-])c1)C(C)C. The summed E-state index contributed by atoms with van der Waals surface area (Å²) in [5.41, 5.74) is 0.118. The van der Waals surface area contributed by atoms with Gasteiger partial charge in [0.2, 0.25) is 0 Å². The molecule has 1 aromatic rings. The van der Waals surface area contributed by atoms with Crippen molar-refractivity contribution in [2.75, 3.05) is 13.7 Å². The third-order valence-corrected chi connectivity index (χ3v) is 3.54. The Hall–Kier alpha value is -1.47. The van der Waals surface area contributed by atoms with Gasteiger partial charge in [-0.1, -0.05) is 13.8 Å². The molecule has 20 heavy (non-hydrogen) atoms. The van der Waals surface area contributed by atoms with E-state index in [1.165, 1.54) is 18.2 Å². The van der Waals surface area contributed by atoms with Gasteiger partial charge in [-0.15, -0.1) is 0 Å². The monoisotopic (exact) mass is 344 g/mol. The van der Waals surface area contributed by atoms with Crippen LogP contribution < -0.4 is 5.32 Å². The second-order valence-corrected chi connectivity index (χ2v) is 5.56. The van der Waals surface area contributed by atoms with Gasteiger partial charge in [-0.25, -0.2) is 0 Å². The average Bonchev–Trinajstić information content (AvgIpc) is 2.38. The number of hydrogen-bond donors (Lipinski definition) is 1. The summed E-state index contributed by atoms with van der Waals surface area (Å²) < 4.78 is 5.40. The minimum Gasteiger partial charge on any atom is -0.383 e. The predicted octanol–water partition coefficient (Wildman–Crippen LogP) is 2.76. The van der Waals surface area contributed by atoms with Crippen LogP contribution in [0.15, 0.2) is 22.7 Å². The number of nitro groups is 1. The van der Waals surface area contributed by atoms with E-state index in [1.54, 1.807) is 7.11 Å². The summed E-state index contributed by atoms with van der Waals surface area (Å²) in [6.07, 6.45) is 0. The van der Waals surface area contributed by atoms with Crippen LogP contribution in [0.2, 0.25) is 0 Å². The van der Waals surface area contributed by atoms with E-state index < -0.39 is 4.92 Å². The molecule has 0 saturated carbocycles. The van der Waals surface area contributed by atoms with Gasteiger partial charge in [0.05, 0.1) is 22.0 Å². The summed E-state index contributed by atoms with van der Waals surface area (Å²) in [6, 6.07) is 4.14. The predicted molar refractivity (Wildman–Crippen MR) is 78.8 cm³/mol. The lowest BCUT2D eigenvalue weighted by molar-refractivity contribution is -0.385. The fraction of sp³-hybridized carbons (Fsp3) is 0.462. The maximum Gasteiger partial charge on any atom is 0.284 e. The number of methoxy groups -OCH3 is 1. The number of carbonyl (C=O) groups excluding carboxylic acids is 1. The van der Waals surface area contributed by atoms with Crippen LogP contribution >= 0.6 is 15.9 Å². The molecule has 1 N–H and O–H groups in total. The third-order valence-electron chi connectivity index (χ3n) is 2.87. The van der Waals surface area contributed by atoms with E-state index in [0.29, 0.717) is 11.1 Å². The van der Waals surface area contributed by atoms with Crippen molar-refractivity contribution in [1.82, 2.24) is 5.32 Å². The van der Waals surface area contributed by atoms with Gasteiger partial charge in [-0.2, -0.15) is 0 Å². The van der Waals surface area contributed by atoms with Gasteiger partial charge in [0.1, 0.15) is 0 Å². The van der Waals surface area contributed by atoms with Crippen molar-refractivity contribution < 1.29 is 14.5 Å². The van der Waals surface area contributed by atoms with Crippen molar-refractivity contribution in [2.45, 2.75) is 19.9 Å². The highest BCUT2D eigenvalue weighted by molar-refractivity contribution is 9.10. The van der Waals surface area contributed by atoms with Crippen LogP contribution in [0.4, 0.5) is 5.69 Å². The molecule has 0 aliphatic carbocycles. The first-order valence-corrected chi connectivity index (χ1v) is 6.89. The van der Waals surface area contributed by atoms with Crippen LogP contribution in [-0.2, 0) is 4.74 Å². The molecule has 0 saturated heterocycles. The van der Waals surface area contributed by atoms with Crippen LogP contribution in [0.25, 0.3) is 0 Å². The lowest BCUT2D eigenvalue weighted by Gasteiger charge is -2.21. The summed E-state index contributed by atoms with van der Waals surface area (Å²) in [4.78, 5) is 22.4. The Kier molecular flexibility index (Phi) is 6.09. The number of nitrogens with one attached hydrogen (secondary N) is 1. The van der Waals surface area contributed by atoms with E-state index in [1.807, 2.05) is 13.8 Å². The summed E-state index contributed by atoms with van der Waals surface area (Å²) in [7, 11) is 1.56. The van der Waals surface area contributed by atoms with E-state index in [2.05, 4.69) is 21.2 Å². The van der Waals surface area contributed by atoms with E-state index >= 15 is 0 Å². The molecule has 1 atom stereocenters. The number of halogens is 1. The Balaban J connectivity index is 2.92. The topological polar surface area (TPSA) is 81.5 Å². The quantitative estimate of drug-likeness (QED) is 0.635. The minimum atomic E-state index is -0.532. The largest absolute Gasteiger partial charge is 0.383 e. The van der Waals surface area contributed by atoms with Crippen molar-refractivity contribution in [3.05, 3.63) is 38.3 Å². The number of amides is 1. The first kappa shape index (κ1) is 16.6. The molecule has 1 rings (SSSR count). The zero-order valence-electron chi connectivity index (χ0n) is 11.6. The minimum absolute atomic E-state index is 0.134. The molecule has 1 aromatic carbocycles. The number of ether oxygens (including phenoxy) is 1. The second-order valence-electron chi connectivity index (χ2n) is 4.70. The van der Waals surface area contributed by atoms with E-state index in [9.17, 15) is 14.9 Å². The lowest BCUT2D eigenvalue weighted by atomic mass is 10.0. The zero-order chi connectivity index (χ0) is 15.3. The van der Waals surface area contributed by atoms with Gasteiger partial charge >= 0.3 is 0 Å². The summed E-state index contributed by atoms with van der Waals surface area (Å²) in [6.45, 7) is 4.32. The molecule has 0 radical (unpaired) electrons. The van der Waals surface area contributed by atoms with Crippen LogP contribution in [0.1, 0.15) is 24.2 Å². The Bertz CT molecular complexity index is 505. The summed E-state index contributed by atoms with van der Waals surface area (Å²) in [5, 5.41) is 13.7. The van der Waals surface area contributed by atoms with E-state index in [4.69, 9.17) is 4.74 Å². The third kappa shape index (κ3) is 4.28. The molecule has 1 amide bonds. The number of nitrogens with zero attached hydrogens (tertiary/aromatic N) is 1. The van der Waals surface area contributed by atoms with Crippen molar-refractivity contribution in [3.63, 3.8) is 0 Å². The molecule has 110 valence electrons. The standard InChI is InChI=1S/C13H17BrN2O4/c1-8(2)11(7-20-3)15-13(17)9-4-5-10(14)12(6-9)16(18)19/h4-6,8,11H,7H2,1-3H3,(H,15,17). The van der Waals surface area contributed by atoms with E-state index in [0.717, 1.165) is 0 Å². The van der Waals surface area contributed by atoms with Crippen LogP contribution in [0.3, 0.4) is 0 Å². The number of carbonyl (C=O) groups is 1. The van der Waals surface area contributed by atoms with Crippen molar-refractivity contribution in [3.8, 4) is 0 Å². The molecular formula is C13H17BrN2O4. The van der Waals surface area contributed by atoms with Crippen molar-refractivity contribution in [2.24, 2.45) is 5.92 Å². The summed E-state index contributed by atoms with van der Waals surface area (Å²) in [5.74, 6) is -0.152. The molecule has 0 aromatic heterocycles. The first-order chi connectivity index (χ1) is 9.36. The number of nitro benzene ring substituents is 1. The highest BCUT2D eigenvalue weighted by atomic mass is 79.9. The smallest absolute Gasteiger partial charge is 0.284 e. The molecule has 0 heterocycles. The number of rotatable bonds is 6. The highest BCUT2D eigenvalue weighted by Crippen LogP contribution is 2.25. The number of hydrogen-bond acceptors (Lipinski definition) is 4. The Morgan fingerprint density at radius 2 is 2.15 bits per heavy atom. The van der Waals surface area contributed by atoms with Gasteiger partial charge < -0.3 is 10.1 Å². The van der Waals surface area contributed by atoms with Crippen molar-refractivity contribution >= 4 is 27.5 Å². The molecule has 0 aliphatic rings. The average molecular weight is 345 g/mol. The number of benzene rings is 1. The maximum atomic E-state index is 12.1.